The summed E-state index contributed by atoms with van der Waals surface area (Å²) in [4.78, 5) is 15.3. The summed E-state index contributed by atoms with van der Waals surface area (Å²) < 4.78 is 0. The van der Waals surface area contributed by atoms with Gasteiger partial charge in [0, 0.05) is 18.3 Å². The van der Waals surface area contributed by atoms with Gasteiger partial charge in [0.25, 0.3) is 0 Å². The van der Waals surface area contributed by atoms with E-state index in [9.17, 15) is 0 Å². The smallest absolute Gasteiger partial charge is 0.158 e. The summed E-state index contributed by atoms with van der Waals surface area (Å²) in [5.74, 6) is 0.850. The standard InChI is InChI=1S/C23H26N4S/c1-15-5-6-16(2)18(11-15)13-22-24-21(14-28-22)23-25-19-8-7-17(9-10-27(3)4)12-20(19)26-23/h5-8,11-12,14H,9-10,13H2,1-4H3,(H,25,26). The molecule has 5 heteroatoms. The zero-order valence-electron chi connectivity index (χ0n) is 16.9. The molecule has 0 aliphatic rings. The summed E-state index contributed by atoms with van der Waals surface area (Å²) in [5, 5.41) is 3.22. The van der Waals surface area contributed by atoms with Gasteiger partial charge < -0.3 is 9.88 Å². The van der Waals surface area contributed by atoms with Gasteiger partial charge in [-0.1, -0.05) is 29.8 Å². The van der Waals surface area contributed by atoms with Gasteiger partial charge in [-0.25, -0.2) is 9.97 Å². The molecule has 0 radical (unpaired) electrons. The van der Waals surface area contributed by atoms with E-state index in [2.05, 4.69) is 79.6 Å². The van der Waals surface area contributed by atoms with Crippen molar-refractivity contribution in [3.63, 3.8) is 0 Å². The molecule has 0 amide bonds. The van der Waals surface area contributed by atoms with Crippen LogP contribution in [0, 0.1) is 13.8 Å². The molecule has 2 heterocycles. The topological polar surface area (TPSA) is 44.8 Å². The molecule has 0 aliphatic carbocycles. The van der Waals surface area contributed by atoms with Crippen LogP contribution in [0.5, 0.6) is 0 Å². The Balaban J connectivity index is 1.56. The van der Waals surface area contributed by atoms with Crippen molar-refractivity contribution in [2.75, 3.05) is 20.6 Å². The fourth-order valence-corrected chi connectivity index (χ4v) is 4.14. The van der Waals surface area contributed by atoms with Crippen molar-refractivity contribution < 1.29 is 0 Å². The number of rotatable bonds is 6. The van der Waals surface area contributed by atoms with Gasteiger partial charge in [-0.2, -0.15) is 0 Å². The van der Waals surface area contributed by atoms with Crippen molar-refractivity contribution >= 4 is 22.4 Å². The highest BCUT2D eigenvalue weighted by Gasteiger charge is 2.11. The van der Waals surface area contributed by atoms with Crippen LogP contribution < -0.4 is 0 Å². The summed E-state index contributed by atoms with van der Waals surface area (Å²) in [6, 6.07) is 13.1. The van der Waals surface area contributed by atoms with Gasteiger partial charge in [0.15, 0.2) is 5.82 Å². The number of thiazole rings is 1. The average Bonchev–Trinajstić information content (AvgIpc) is 3.29. The zero-order chi connectivity index (χ0) is 19.7. The van der Waals surface area contributed by atoms with E-state index in [4.69, 9.17) is 9.97 Å². The van der Waals surface area contributed by atoms with Crippen LogP contribution in [0.4, 0.5) is 0 Å². The Kier molecular flexibility index (Phi) is 5.29. The van der Waals surface area contributed by atoms with Gasteiger partial charge in [0.2, 0.25) is 0 Å². The Morgan fingerprint density at radius 1 is 1.04 bits per heavy atom. The molecule has 0 bridgehead atoms. The molecule has 0 saturated heterocycles. The molecular weight excluding hydrogens is 364 g/mol. The molecule has 0 unspecified atom stereocenters. The van der Waals surface area contributed by atoms with Gasteiger partial charge in [-0.15, -0.1) is 11.3 Å². The van der Waals surface area contributed by atoms with Crippen LogP contribution in [-0.2, 0) is 12.8 Å². The van der Waals surface area contributed by atoms with E-state index in [0.29, 0.717) is 0 Å². The van der Waals surface area contributed by atoms with Crippen molar-refractivity contribution in [3.05, 3.63) is 69.0 Å². The van der Waals surface area contributed by atoms with Crippen molar-refractivity contribution in [1.82, 2.24) is 19.9 Å². The summed E-state index contributed by atoms with van der Waals surface area (Å²) in [6.45, 7) is 5.34. The van der Waals surface area contributed by atoms with Crippen molar-refractivity contribution in [1.29, 1.82) is 0 Å². The second-order valence-electron chi connectivity index (χ2n) is 7.72. The Morgan fingerprint density at radius 3 is 2.71 bits per heavy atom. The van der Waals surface area contributed by atoms with Gasteiger partial charge in [0.05, 0.1) is 16.0 Å². The van der Waals surface area contributed by atoms with Crippen LogP contribution in [0.15, 0.2) is 41.8 Å². The van der Waals surface area contributed by atoms with Crippen LogP contribution >= 0.6 is 11.3 Å². The van der Waals surface area contributed by atoms with Crippen LogP contribution in [0.3, 0.4) is 0 Å². The molecule has 4 rings (SSSR count). The van der Waals surface area contributed by atoms with Gasteiger partial charge in [-0.05, 0) is 63.2 Å². The lowest BCUT2D eigenvalue weighted by atomic mass is 10.0. The quantitative estimate of drug-likeness (QED) is 0.504. The highest BCUT2D eigenvalue weighted by atomic mass is 32.1. The number of aryl methyl sites for hydroxylation is 2. The SMILES string of the molecule is Cc1ccc(C)c(Cc2nc(-c3nc4ccc(CCN(C)C)cc4[nH]3)cs2)c1. The molecule has 0 aliphatic heterocycles. The Bertz CT molecular complexity index is 1110. The van der Waals surface area contributed by atoms with E-state index >= 15 is 0 Å². The minimum absolute atomic E-state index is 0.850. The number of hydrogen-bond donors (Lipinski definition) is 1. The van der Waals surface area contributed by atoms with Gasteiger partial charge >= 0.3 is 0 Å². The molecule has 0 spiro atoms. The van der Waals surface area contributed by atoms with E-state index in [-0.39, 0.29) is 0 Å². The fraction of sp³-hybridized carbons (Fsp3) is 0.304. The lowest BCUT2D eigenvalue weighted by molar-refractivity contribution is 0.414. The number of aromatic nitrogens is 3. The molecule has 1 N–H and O–H groups in total. The van der Waals surface area contributed by atoms with Crippen LogP contribution in [0.1, 0.15) is 27.3 Å². The third-order valence-corrected chi connectivity index (χ3v) is 5.88. The summed E-state index contributed by atoms with van der Waals surface area (Å²) >= 11 is 1.70. The molecule has 2 aromatic heterocycles. The number of nitrogens with one attached hydrogen (secondary N) is 1. The number of hydrogen-bond acceptors (Lipinski definition) is 4. The predicted octanol–water partition coefficient (Wildman–Crippen LogP) is 5.00. The second-order valence-corrected chi connectivity index (χ2v) is 8.67. The highest BCUT2D eigenvalue weighted by molar-refractivity contribution is 7.10. The van der Waals surface area contributed by atoms with E-state index in [1.54, 1.807) is 11.3 Å². The molecule has 2 aromatic carbocycles. The lowest BCUT2D eigenvalue weighted by Gasteiger charge is -2.08. The van der Waals surface area contributed by atoms with E-state index in [1.807, 2.05) is 0 Å². The predicted molar refractivity (Wildman–Crippen MR) is 118 cm³/mol. The van der Waals surface area contributed by atoms with E-state index in [0.717, 1.165) is 46.9 Å². The molecule has 28 heavy (non-hydrogen) atoms. The van der Waals surface area contributed by atoms with Crippen molar-refractivity contribution in [2.24, 2.45) is 0 Å². The maximum Gasteiger partial charge on any atom is 0.158 e. The Morgan fingerprint density at radius 2 is 1.89 bits per heavy atom. The zero-order valence-corrected chi connectivity index (χ0v) is 17.7. The molecule has 0 fully saturated rings. The first-order valence-electron chi connectivity index (χ1n) is 9.62. The molecular formula is C23H26N4S. The normalized spacial score (nSPS) is 11.6. The third-order valence-electron chi connectivity index (χ3n) is 5.03. The number of H-pyrrole nitrogens is 1. The van der Waals surface area contributed by atoms with E-state index < -0.39 is 0 Å². The number of imidazole rings is 1. The van der Waals surface area contributed by atoms with Crippen molar-refractivity contribution in [3.8, 4) is 11.5 Å². The molecule has 0 atom stereocenters. The molecule has 0 saturated carbocycles. The summed E-state index contributed by atoms with van der Waals surface area (Å²) in [7, 11) is 4.20. The number of nitrogens with zero attached hydrogens (tertiary/aromatic N) is 3. The van der Waals surface area contributed by atoms with E-state index in [1.165, 1.54) is 22.3 Å². The van der Waals surface area contributed by atoms with Crippen LogP contribution in [0.25, 0.3) is 22.6 Å². The summed E-state index contributed by atoms with van der Waals surface area (Å²) in [6.07, 6.45) is 1.90. The number of fused-ring (bicyclic) bond motifs is 1. The van der Waals surface area contributed by atoms with Gasteiger partial charge in [0.1, 0.15) is 5.69 Å². The number of aromatic amines is 1. The fourth-order valence-electron chi connectivity index (χ4n) is 3.34. The first kappa shape index (κ1) is 18.8. The largest absolute Gasteiger partial charge is 0.337 e. The third kappa shape index (κ3) is 4.16. The Hall–Kier alpha value is -2.50. The Labute approximate surface area is 170 Å². The first-order valence-corrected chi connectivity index (χ1v) is 10.5. The monoisotopic (exact) mass is 390 g/mol. The maximum atomic E-state index is 4.84. The minimum atomic E-state index is 0.850. The molecule has 4 nitrogen and oxygen atoms in total. The number of likely N-dealkylation sites (N-methyl/N-ethyl adjacent to an activating group) is 1. The summed E-state index contributed by atoms with van der Waals surface area (Å²) in [5.41, 5.74) is 8.27. The average molecular weight is 391 g/mol. The van der Waals surface area contributed by atoms with Crippen LogP contribution in [0.2, 0.25) is 0 Å². The minimum Gasteiger partial charge on any atom is -0.337 e. The first-order chi connectivity index (χ1) is 13.5. The maximum absolute atomic E-state index is 4.84. The molecule has 4 aromatic rings. The number of benzene rings is 2. The lowest BCUT2D eigenvalue weighted by Crippen LogP contribution is -2.14. The van der Waals surface area contributed by atoms with Gasteiger partial charge in [-0.3, -0.25) is 0 Å². The molecule has 144 valence electrons. The second kappa shape index (κ2) is 7.86. The van der Waals surface area contributed by atoms with Crippen molar-refractivity contribution in [2.45, 2.75) is 26.7 Å². The van der Waals surface area contributed by atoms with Crippen LogP contribution in [-0.4, -0.2) is 40.5 Å². The highest BCUT2D eigenvalue weighted by Crippen LogP contribution is 2.25.